The van der Waals surface area contributed by atoms with Crippen molar-refractivity contribution in [2.24, 2.45) is 15.2 Å². The van der Waals surface area contributed by atoms with Crippen molar-refractivity contribution in [1.29, 1.82) is 0 Å². The zero-order chi connectivity index (χ0) is 28.6. The van der Waals surface area contributed by atoms with Crippen LogP contribution in [0.4, 0.5) is 0 Å². The van der Waals surface area contributed by atoms with E-state index in [1.165, 1.54) is 19.3 Å². The molecule has 0 spiro atoms. The van der Waals surface area contributed by atoms with E-state index in [1.807, 2.05) is 32.9 Å². The van der Waals surface area contributed by atoms with Gasteiger partial charge in [-0.2, -0.15) is 10.2 Å². The molecular formula is C33H40N6O2. The third-order valence-corrected chi connectivity index (χ3v) is 8.12. The standard InChI is InChI=1S/C33H40N6O2/c1-21-7-6-8-22(2)39(21)15-16-40-27-13-11-23-17-25(10-9-24(23)18-27)31-28-19-26(12-14-29(28)35-37-31)32-34-30(36-38-32)20-41-33(3,4)5/h9-14,17-19,21-22,30H,6-8,15-16,20H2,1-5H3,(H,35,37)/t21-,22+,30?. The molecule has 0 aliphatic carbocycles. The van der Waals surface area contributed by atoms with Gasteiger partial charge < -0.3 is 9.47 Å². The third kappa shape index (κ3) is 6.19. The van der Waals surface area contributed by atoms with Crippen LogP contribution in [0.3, 0.4) is 0 Å². The van der Waals surface area contributed by atoms with Gasteiger partial charge in [0.15, 0.2) is 12.0 Å². The molecule has 8 heteroatoms. The van der Waals surface area contributed by atoms with E-state index in [0.29, 0.717) is 31.1 Å². The lowest BCUT2D eigenvalue weighted by atomic mass is 9.98. The van der Waals surface area contributed by atoms with Crippen molar-refractivity contribution in [3.63, 3.8) is 0 Å². The zero-order valence-corrected chi connectivity index (χ0v) is 24.7. The number of rotatable bonds is 8. The monoisotopic (exact) mass is 552 g/mol. The molecule has 214 valence electrons. The van der Waals surface area contributed by atoms with Gasteiger partial charge in [0.2, 0.25) is 0 Å². The lowest BCUT2D eigenvalue weighted by molar-refractivity contribution is -0.00872. The summed E-state index contributed by atoms with van der Waals surface area (Å²) < 4.78 is 12.0. The number of aliphatic imine (C=N–C) groups is 1. The van der Waals surface area contributed by atoms with Crippen LogP contribution in [0.5, 0.6) is 5.75 Å². The largest absolute Gasteiger partial charge is 0.492 e. The number of H-pyrrole nitrogens is 1. The minimum atomic E-state index is -0.310. The molecule has 41 heavy (non-hydrogen) atoms. The predicted octanol–water partition coefficient (Wildman–Crippen LogP) is 7.38. The Balaban J connectivity index is 1.17. The molecule has 2 aliphatic heterocycles. The summed E-state index contributed by atoms with van der Waals surface area (Å²) in [4.78, 5) is 7.25. The smallest absolute Gasteiger partial charge is 0.186 e. The normalized spacial score (nSPS) is 21.6. The summed E-state index contributed by atoms with van der Waals surface area (Å²) in [6, 6.07) is 20.2. The fourth-order valence-electron chi connectivity index (χ4n) is 5.86. The number of hydrogen-bond acceptors (Lipinski definition) is 7. The predicted molar refractivity (Wildman–Crippen MR) is 165 cm³/mol. The molecule has 0 bridgehead atoms. The molecule has 3 heterocycles. The Morgan fingerprint density at radius 1 is 0.927 bits per heavy atom. The minimum Gasteiger partial charge on any atom is -0.492 e. The van der Waals surface area contributed by atoms with Crippen molar-refractivity contribution in [2.45, 2.75) is 77.7 Å². The summed E-state index contributed by atoms with van der Waals surface area (Å²) in [5.74, 6) is 1.53. The van der Waals surface area contributed by atoms with Gasteiger partial charge in [0.05, 0.1) is 23.4 Å². The van der Waals surface area contributed by atoms with Crippen LogP contribution < -0.4 is 4.74 Å². The number of ether oxygens (including phenoxy) is 2. The maximum absolute atomic E-state index is 6.18. The number of nitrogens with zero attached hydrogens (tertiary/aromatic N) is 5. The lowest BCUT2D eigenvalue weighted by Crippen LogP contribution is -2.45. The summed E-state index contributed by atoms with van der Waals surface area (Å²) in [6.45, 7) is 12.8. The van der Waals surface area contributed by atoms with Crippen LogP contribution in [0.25, 0.3) is 32.9 Å². The zero-order valence-electron chi connectivity index (χ0n) is 24.7. The number of aromatic amines is 1. The molecule has 0 radical (unpaired) electrons. The van der Waals surface area contributed by atoms with E-state index in [-0.39, 0.29) is 11.8 Å². The van der Waals surface area contributed by atoms with Crippen molar-refractivity contribution >= 4 is 27.5 Å². The molecular weight excluding hydrogens is 512 g/mol. The Kier molecular flexibility index (Phi) is 7.62. The Morgan fingerprint density at radius 2 is 1.68 bits per heavy atom. The molecule has 3 atom stereocenters. The van der Waals surface area contributed by atoms with Gasteiger partial charge in [-0.15, -0.1) is 5.11 Å². The van der Waals surface area contributed by atoms with Crippen LogP contribution >= 0.6 is 0 Å². The SMILES string of the molecule is C[C@@H]1CCC[C@H](C)N1CCOc1ccc2cc(-c3n[nH]c4ccc(C5=NC(COC(C)(C)C)N=N5)cc34)ccc2c1. The molecule has 1 unspecified atom stereocenters. The van der Waals surface area contributed by atoms with Crippen molar-refractivity contribution < 1.29 is 9.47 Å². The first kappa shape index (κ1) is 27.5. The minimum absolute atomic E-state index is 0.239. The average molecular weight is 553 g/mol. The number of benzene rings is 3. The van der Waals surface area contributed by atoms with E-state index in [0.717, 1.165) is 50.8 Å². The van der Waals surface area contributed by atoms with Gasteiger partial charge in [-0.05, 0) is 94.6 Å². The first-order valence-corrected chi connectivity index (χ1v) is 14.8. The first-order valence-electron chi connectivity index (χ1n) is 14.8. The summed E-state index contributed by atoms with van der Waals surface area (Å²) >= 11 is 0. The van der Waals surface area contributed by atoms with Crippen LogP contribution in [0.2, 0.25) is 0 Å². The second-order valence-electron chi connectivity index (χ2n) is 12.3. The van der Waals surface area contributed by atoms with Crippen molar-refractivity contribution in [3.05, 3.63) is 60.2 Å². The van der Waals surface area contributed by atoms with Gasteiger partial charge in [0.25, 0.3) is 0 Å². The Morgan fingerprint density at radius 3 is 2.49 bits per heavy atom. The molecule has 3 aromatic carbocycles. The van der Waals surface area contributed by atoms with Crippen LogP contribution in [0.1, 0.15) is 59.4 Å². The van der Waals surface area contributed by atoms with Crippen LogP contribution in [0, 0.1) is 0 Å². The van der Waals surface area contributed by atoms with Gasteiger partial charge in [0, 0.05) is 35.1 Å². The number of azo groups is 1. The van der Waals surface area contributed by atoms with Gasteiger partial charge >= 0.3 is 0 Å². The Bertz CT molecular complexity index is 1590. The highest BCUT2D eigenvalue weighted by atomic mass is 16.5. The quantitative estimate of drug-likeness (QED) is 0.247. The second-order valence-corrected chi connectivity index (χ2v) is 12.3. The molecule has 2 aliphatic rings. The van der Waals surface area contributed by atoms with E-state index in [4.69, 9.17) is 9.47 Å². The number of nitrogens with one attached hydrogen (secondary N) is 1. The Hall–Kier alpha value is -3.62. The van der Waals surface area contributed by atoms with E-state index >= 15 is 0 Å². The van der Waals surface area contributed by atoms with E-state index in [9.17, 15) is 0 Å². The molecule has 1 fully saturated rings. The Labute approximate surface area is 241 Å². The number of aromatic nitrogens is 2. The topological polar surface area (TPSA) is 87.5 Å². The maximum atomic E-state index is 6.18. The summed E-state index contributed by atoms with van der Waals surface area (Å²) in [6.07, 6.45) is 3.58. The lowest BCUT2D eigenvalue weighted by Gasteiger charge is -2.38. The number of fused-ring (bicyclic) bond motifs is 2. The van der Waals surface area contributed by atoms with Gasteiger partial charge in [-0.1, -0.05) is 24.6 Å². The van der Waals surface area contributed by atoms with Gasteiger partial charge in [-0.25, -0.2) is 4.99 Å². The molecule has 6 rings (SSSR count). The second kappa shape index (κ2) is 11.3. The number of amidine groups is 1. The van der Waals surface area contributed by atoms with E-state index in [2.05, 4.69) is 86.6 Å². The molecule has 1 saturated heterocycles. The van der Waals surface area contributed by atoms with Crippen molar-refractivity contribution in [2.75, 3.05) is 19.8 Å². The highest BCUT2D eigenvalue weighted by Crippen LogP contribution is 2.32. The van der Waals surface area contributed by atoms with Crippen LogP contribution in [0.15, 0.2) is 69.8 Å². The number of piperidine rings is 1. The van der Waals surface area contributed by atoms with Gasteiger partial charge in [-0.3, -0.25) is 10.00 Å². The van der Waals surface area contributed by atoms with Crippen molar-refractivity contribution in [1.82, 2.24) is 15.1 Å². The fourth-order valence-corrected chi connectivity index (χ4v) is 5.86. The van der Waals surface area contributed by atoms with E-state index in [1.54, 1.807) is 0 Å². The van der Waals surface area contributed by atoms with E-state index < -0.39 is 0 Å². The maximum Gasteiger partial charge on any atom is 0.186 e. The molecule has 1 aromatic heterocycles. The molecule has 4 aromatic rings. The average Bonchev–Trinajstić information content (AvgIpc) is 3.60. The fraction of sp³-hybridized carbons (Fsp3) is 0.455. The number of hydrogen-bond donors (Lipinski definition) is 1. The highest BCUT2D eigenvalue weighted by Gasteiger charge is 2.24. The van der Waals surface area contributed by atoms with Gasteiger partial charge in [0.1, 0.15) is 12.4 Å². The molecule has 1 N–H and O–H groups in total. The van der Waals surface area contributed by atoms with Crippen molar-refractivity contribution in [3.8, 4) is 17.0 Å². The highest BCUT2D eigenvalue weighted by molar-refractivity contribution is 6.05. The molecule has 0 saturated carbocycles. The molecule has 8 nitrogen and oxygen atoms in total. The summed E-state index contributed by atoms with van der Waals surface area (Å²) in [5.41, 5.74) is 3.59. The van der Waals surface area contributed by atoms with Crippen LogP contribution in [-0.4, -0.2) is 64.5 Å². The summed E-state index contributed by atoms with van der Waals surface area (Å²) in [5, 5.41) is 19.8. The summed E-state index contributed by atoms with van der Waals surface area (Å²) in [7, 11) is 0. The molecule has 0 amide bonds. The van der Waals surface area contributed by atoms with Crippen LogP contribution in [-0.2, 0) is 4.74 Å². The third-order valence-electron chi connectivity index (χ3n) is 8.12. The number of likely N-dealkylation sites (tertiary alicyclic amines) is 1. The first-order chi connectivity index (χ1) is 19.7.